The van der Waals surface area contributed by atoms with E-state index in [0.29, 0.717) is 13.1 Å². The molecule has 0 radical (unpaired) electrons. The fourth-order valence-electron chi connectivity index (χ4n) is 3.44. The monoisotopic (exact) mass is 343 g/mol. The number of nitrogens with zero attached hydrogens (tertiary/aromatic N) is 3. The van der Waals surface area contributed by atoms with Gasteiger partial charge in [-0.05, 0) is 44.0 Å². The van der Waals surface area contributed by atoms with Crippen molar-refractivity contribution in [3.63, 3.8) is 0 Å². The SMILES string of the molecule is Cc1nc2cc(CNC(=O)C3CCCN(CC(N)=O)C3)ccc2n1C. The van der Waals surface area contributed by atoms with E-state index >= 15 is 0 Å². The van der Waals surface area contributed by atoms with Gasteiger partial charge in [-0.2, -0.15) is 0 Å². The zero-order chi connectivity index (χ0) is 18.0. The number of nitrogens with one attached hydrogen (secondary N) is 1. The molecular weight excluding hydrogens is 318 g/mol. The van der Waals surface area contributed by atoms with Crippen molar-refractivity contribution in [3.05, 3.63) is 29.6 Å². The molecule has 2 heterocycles. The Balaban J connectivity index is 1.59. The largest absolute Gasteiger partial charge is 0.369 e. The highest BCUT2D eigenvalue weighted by molar-refractivity contribution is 5.80. The van der Waals surface area contributed by atoms with Crippen molar-refractivity contribution in [2.75, 3.05) is 19.6 Å². The van der Waals surface area contributed by atoms with Gasteiger partial charge in [0, 0.05) is 20.1 Å². The molecule has 3 N–H and O–H groups in total. The van der Waals surface area contributed by atoms with Crippen LogP contribution in [-0.2, 0) is 23.2 Å². The smallest absolute Gasteiger partial charge is 0.231 e. The number of aromatic nitrogens is 2. The lowest BCUT2D eigenvalue weighted by molar-refractivity contribution is -0.128. The molecule has 1 unspecified atom stereocenters. The van der Waals surface area contributed by atoms with Gasteiger partial charge in [0.2, 0.25) is 11.8 Å². The Hall–Kier alpha value is -2.41. The second-order valence-corrected chi connectivity index (χ2v) is 6.80. The first-order valence-electron chi connectivity index (χ1n) is 8.64. The highest BCUT2D eigenvalue weighted by Gasteiger charge is 2.26. The molecule has 1 aromatic carbocycles. The summed E-state index contributed by atoms with van der Waals surface area (Å²) in [5.74, 6) is 0.563. The van der Waals surface area contributed by atoms with E-state index in [2.05, 4.69) is 10.3 Å². The number of fused-ring (bicyclic) bond motifs is 1. The predicted octanol–water partition coefficient (Wildman–Crippen LogP) is 0.695. The molecule has 0 saturated carbocycles. The van der Waals surface area contributed by atoms with Gasteiger partial charge in [0.05, 0.1) is 23.5 Å². The topological polar surface area (TPSA) is 93.2 Å². The summed E-state index contributed by atoms with van der Waals surface area (Å²) >= 11 is 0. The van der Waals surface area contributed by atoms with Crippen LogP contribution in [0.1, 0.15) is 24.2 Å². The van der Waals surface area contributed by atoms with Crippen LogP contribution in [0.5, 0.6) is 0 Å². The predicted molar refractivity (Wildman–Crippen MR) is 95.7 cm³/mol. The number of nitrogens with two attached hydrogens (primary N) is 1. The third-order valence-corrected chi connectivity index (χ3v) is 4.89. The molecule has 2 aromatic rings. The van der Waals surface area contributed by atoms with Crippen LogP contribution in [0.3, 0.4) is 0 Å². The van der Waals surface area contributed by atoms with Crippen molar-refractivity contribution in [1.82, 2.24) is 19.8 Å². The van der Waals surface area contributed by atoms with Crippen LogP contribution in [0.4, 0.5) is 0 Å². The van der Waals surface area contributed by atoms with Crippen molar-refractivity contribution < 1.29 is 9.59 Å². The molecule has 7 heteroatoms. The zero-order valence-electron chi connectivity index (χ0n) is 14.8. The van der Waals surface area contributed by atoms with Crippen molar-refractivity contribution in [3.8, 4) is 0 Å². The summed E-state index contributed by atoms with van der Waals surface area (Å²) in [6.07, 6.45) is 1.75. The summed E-state index contributed by atoms with van der Waals surface area (Å²) in [7, 11) is 1.99. The van der Waals surface area contributed by atoms with Crippen LogP contribution in [0.2, 0.25) is 0 Å². The van der Waals surface area contributed by atoms with Crippen molar-refractivity contribution in [1.29, 1.82) is 0 Å². The van der Waals surface area contributed by atoms with E-state index < -0.39 is 0 Å². The Labute approximate surface area is 147 Å². The maximum absolute atomic E-state index is 12.5. The van der Waals surface area contributed by atoms with Crippen LogP contribution in [0, 0.1) is 12.8 Å². The number of carbonyl (C=O) groups is 2. The lowest BCUT2D eigenvalue weighted by Gasteiger charge is -2.30. The number of imidazole rings is 1. The van der Waals surface area contributed by atoms with E-state index in [0.717, 1.165) is 41.8 Å². The van der Waals surface area contributed by atoms with Gasteiger partial charge in [-0.3, -0.25) is 14.5 Å². The van der Waals surface area contributed by atoms with E-state index in [-0.39, 0.29) is 24.3 Å². The Morgan fingerprint density at radius 1 is 1.40 bits per heavy atom. The number of carbonyl (C=O) groups excluding carboxylic acids is 2. The van der Waals surface area contributed by atoms with E-state index in [1.165, 1.54) is 0 Å². The first-order chi connectivity index (χ1) is 11.9. The summed E-state index contributed by atoms with van der Waals surface area (Å²) in [5, 5.41) is 3.01. The summed E-state index contributed by atoms with van der Waals surface area (Å²) < 4.78 is 2.05. The molecule has 1 aromatic heterocycles. The molecule has 0 spiro atoms. The van der Waals surface area contributed by atoms with Crippen molar-refractivity contribution in [2.45, 2.75) is 26.3 Å². The molecule has 134 valence electrons. The molecule has 0 aliphatic carbocycles. The summed E-state index contributed by atoms with van der Waals surface area (Å²) in [6, 6.07) is 6.07. The van der Waals surface area contributed by atoms with Crippen LogP contribution in [0.25, 0.3) is 11.0 Å². The molecule has 1 saturated heterocycles. The van der Waals surface area contributed by atoms with Gasteiger partial charge in [0.25, 0.3) is 0 Å². The first kappa shape index (κ1) is 17.4. The fraction of sp³-hybridized carbons (Fsp3) is 0.500. The first-order valence-corrected chi connectivity index (χ1v) is 8.64. The van der Waals surface area contributed by atoms with E-state index in [4.69, 9.17) is 5.73 Å². The summed E-state index contributed by atoms with van der Waals surface area (Å²) in [4.78, 5) is 30.0. The standard InChI is InChI=1S/C18H25N5O2/c1-12-21-15-8-13(5-6-16(15)22(12)2)9-20-18(25)14-4-3-7-23(10-14)11-17(19)24/h5-6,8,14H,3-4,7,9-11H2,1-2H3,(H2,19,24)(H,20,25). The molecule has 3 rings (SSSR count). The maximum Gasteiger partial charge on any atom is 0.231 e. The number of primary amides is 1. The van der Waals surface area contributed by atoms with Gasteiger partial charge in [-0.25, -0.2) is 4.98 Å². The Kier molecular flexibility index (Phi) is 5.03. The molecular formula is C18H25N5O2. The lowest BCUT2D eigenvalue weighted by Crippen LogP contribution is -2.45. The van der Waals surface area contributed by atoms with Crippen molar-refractivity contribution in [2.24, 2.45) is 18.7 Å². The normalized spacial score (nSPS) is 18.4. The van der Waals surface area contributed by atoms with Gasteiger partial charge in [-0.1, -0.05) is 6.07 Å². The molecule has 1 aliphatic heterocycles. The second kappa shape index (κ2) is 7.23. The highest BCUT2D eigenvalue weighted by atomic mass is 16.2. The number of rotatable bonds is 5. The van der Waals surface area contributed by atoms with Gasteiger partial charge < -0.3 is 15.6 Å². The van der Waals surface area contributed by atoms with Crippen LogP contribution < -0.4 is 11.1 Å². The fourth-order valence-corrected chi connectivity index (χ4v) is 3.44. The van der Waals surface area contributed by atoms with Gasteiger partial charge in [0.15, 0.2) is 0 Å². The lowest BCUT2D eigenvalue weighted by atomic mass is 9.97. The molecule has 7 nitrogen and oxygen atoms in total. The van der Waals surface area contributed by atoms with Crippen LogP contribution in [-0.4, -0.2) is 45.9 Å². The Bertz CT molecular complexity index is 798. The molecule has 25 heavy (non-hydrogen) atoms. The van der Waals surface area contributed by atoms with Crippen molar-refractivity contribution >= 4 is 22.8 Å². The number of hydrogen-bond acceptors (Lipinski definition) is 4. The molecule has 0 bridgehead atoms. The number of amides is 2. The maximum atomic E-state index is 12.5. The number of hydrogen-bond donors (Lipinski definition) is 2. The molecule has 1 aliphatic rings. The minimum atomic E-state index is -0.347. The van der Waals surface area contributed by atoms with E-state index in [1.54, 1.807) is 0 Å². The van der Waals surface area contributed by atoms with Crippen LogP contribution >= 0.6 is 0 Å². The molecule has 1 atom stereocenters. The average Bonchev–Trinajstić information content (AvgIpc) is 2.86. The minimum Gasteiger partial charge on any atom is -0.369 e. The average molecular weight is 343 g/mol. The molecule has 1 fully saturated rings. The van der Waals surface area contributed by atoms with Crippen LogP contribution in [0.15, 0.2) is 18.2 Å². The molecule has 2 amide bonds. The number of aryl methyl sites for hydroxylation is 2. The number of piperidine rings is 1. The van der Waals surface area contributed by atoms with Gasteiger partial charge in [-0.15, -0.1) is 0 Å². The quantitative estimate of drug-likeness (QED) is 0.835. The second-order valence-electron chi connectivity index (χ2n) is 6.80. The van der Waals surface area contributed by atoms with E-state index in [9.17, 15) is 9.59 Å². The third kappa shape index (κ3) is 3.99. The highest BCUT2D eigenvalue weighted by Crippen LogP contribution is 2.18. The third-order valence-electron chi connectivity index (χ3n) is 4.89. The van der Waals surface area contributed by atoms with Gasteiger partial charge >= 0.3 is 0 Å². The van der Waals surface area contributed by atoms with Gasteiger partial charge in [0.1, 0.15) is 5.82 Å². The minimum absolute atomic E-state index is 0.0338. The van der Waals surface area contributed by atoms with E-state index in [1.807, 2.05) is 41.6 Å². The zero-order valence-corrected chi connectivity index (χ0v) is 14.8. The Morgan fingerprint density at radius 2 is 2.20 bits per heavy atom. The number of benzene rings is 1. The Morgan fingerprint density at radius 3 is 2.96 bits per heavy atom. The summed E-state index contributed by atoms with van der Waals surface area (Å²) in [6.45, 7) is 4.09. The summed E-state index contributed by atoms with van der Waals surface area (Å²) in [5.41, 5.74) is 8.31. The number of likely N-dealkylation sites (tertiary alicyclic amines) is 1.